The maximum Gasteiger partial charge on any atom is 0.233 e. The fraction of sp³-hybridized carbons (Fsp3) is 0.208. The smallest absolute Gasteiger partial charge is 0.233 e. The van der Waals surface area contributed by atoms with Gasteiger partial charge in [-0.1, -0.05) is 35.6 Å². The average Bonchev–Trinajstić information content (AvgIpc) is 3.17. The average molecular weight is 418 g/mol. The Morgan fingerprint density at radius 2 is 1.90 bits per heavy atom. The molecular formula is C24H23N3O2S. The van der Waals surface area contributed by atoms with E-state index in [9.17, 15) is 4.79 Å². The summed E-state index contributed by atoms with van der Waals surface area (Å²) in [5.41, 5.74) is 5.17. The number of amides is 1. The lowest BCUT2D eigenvalue weighted by molar-refractivity contribution is -0.118. The van der Waals surface area contributed by atoms with Crippen molar-refractivity contribution in [3.05, 3.63) is 83.2 Å². The highest BCUT2D eigenvalue weighted by Crippen LogP contribution is 2.33. The second-order valence-corrected chi connectivity index (χ2v) is 8.30. The Kier molecular flexibility index (Phi) is 5.77. The number of aromatic nitrogens is 2. The van der Waals surface area contributed by atoms with Gasteiger partial charge in [-0.25, -0.2) is 4.98 Å². The third-order valence-electron chi connectivity index (χ3n) is 4.93. The van der Waals surface area contributed by atoms with Crippen molar-refractivity contribution in [1.29, 1.82) is 0 Å². The van der Waals surface area contributed by atoms with Crippen molar-refractivity contribution < 1.29 is 9.53 Å². The largest absolute Gasteiger partial charge is 0.497 e. The first-order valence-electron chi connectivity index (χ1n) is 9.73. The Labute approximate surface area is 180 Å². The summed E-state index contributed by atoms with van der Waals surface area (Å²) in [5.74, 6) is 0.771. The van der Waals surface area contributed by atoms with Crippen LogP contribution in [0.5, 0.6) is 5.75 Å². The number of hydrogen-bond acceptors (Lipinski definition) is 5. The van der Waals surface area contributed by atoms with E-state index in [1.54, 1.807) is 35.7 Å². The number of rotatable bonds is 6. The van der Waals surface area contributed by atoms with Crippen LogP contribution in [0.25, 0.3) is 10.2 Å². The lowest BCUT2D eigenvalue weighted by Crippen LogP contribution is -2.31. The standard InChI is InChI=1S/C24H23N3O2S/c1-16-11-17(2)23-21(12-16)30-24(26-23)27(15-19-5-4-10-25-14-19)22(28)13-18-6-8-20(29-3)9-7-18/h4-12,14H,13,15H2,1-3H3. The van der Waals surface area contributed by atoms with Crippen LogP contribution in [-0.4, -0.2) is 23.0 Å². The molecule has 0 aliphatic carbocycles. The number of fused-ring (bicyclic) bond motifs is 1. The van der Waals surface area contributed by atoms with Crippen LogP contribution in [0.15, 0.2) is 60.9 Å². The van der Waals surface area contributed by atoms with Gasteiger partial charge in [-0.05, 0) is 60.4 Å². The quantitative estimate of drug-likeness (QED) is 0.438. The zero-order chi connectivity index (χ0) is 21.1. The minimum absolute atomic E-state index is 0.00236. The molecule has 1 amide bonds. The van der Waals surface area contributed by atoms with Crippen molar-refractivity contribution in [1.82, 2.24) is 9.97 Å². The van der Waals surface area contributed by atoms with Gasteiger partial charge < -0.3 is 4.74 Å². The monoisotopic (exact) mass is 417 g/mol. The van der Waals surface area contributed by atoms with Crippen LogP contribution in [0.1, 0.15) is 22.3 Å². The summed E-state index contributed by atoms with van der Waals surface area (Å²) in [6, 6.07) is 15.7. The normalized spacial score (nSPS) is 10.9. The van der Waals surface area contributed by atoms with E-state index in [1.165, 1.54) is 5.56 Å². The van der Waals surface area contributed by atoms with Gasteiger partial charge in [0, 0.05) is 12.4 Å². The van der Waals surface area contributed by atoms with Gasteiger partial charge >= 0.3 is 0 Å². The summed E-state index contributed by atoms with van der Waals surface area (Å²) < 4.78 is 6.31. The summed E-state index contributed by atoms with van der Waals surface area (Å²) in [5, 5.41) is 0.709. The molecule has 0 aliphatic heterocycles. The van der Waals surface area contributed by atoms with E-state index >= 15 is 0 Å². The summed E-state index contributed by atoms with van der Waals surface area (Å²) in [7, 11) is 1.63. The van der Waals surface area contributed by atoms with Gasteiger partial charge in [-0.15, -0.1) is 0 Å². The zero-order valence-electron chi connectivity index (χ0n) is 17.3. The second-order valence-electron chi connectivity index (χ2n) is 7.29. The van der Waals surface area contributed by atoms with E-state index in [0.29, 0.717) is 11.7 Å². The second kappa shape index (κ2) is 8.63. The number of methoxy groups -OCH3 is 1. The molecule has 0 saturated heterocycles. The molecule has 0 radical (unpaired) electrons. The Balaban J connectivity index is 1.68. The SMILES string of the molecule is COc1ccc(CC(=O)N(Cc2cccnc2)c2nc3c(C)cc(C)cc3s2)cc1. The Bertz CT molecular complexity index is 1170. The zero-order valence-corrected chi connectivity index (χ0v) is 18.1. The minimum Gasteiger partial charge on any atom is -0.497 e. The summed E-state index contributed by atoms with van der Waals surface area (Å²) >= 11 is 1.55. The van der Waals surface area contributed by atoms with Crippen molar-refractivity contribution >= 4 is 32.6 Å². The van der Waals surface area contributed by atoms with Crippen molar-refractivity contribution in [3.8, 4) is 5.75 Å². The third-order valence-corrected chi connectivity index (χ3v) is 5.95. The molecule has 6 heteroatoms. The van der Waals surface area contributed by atoms with Gasteiger partial charge in [0.1, 0.15) is 5.75 Å². The number of nitrogens with zero attached hydrogens (tertiary/aromatic N) is 3. The fourth-order valence-corrected chi connectivity index (χ4v) is 4.58. The van der Waals surface area contributed by atoms with Crippen LogP contribution in [0.3, 0.4) is 0 Å². The molecule has 0 spiro atoms. The van der Waals surface area contributed by atoms with E-state index in [2.05, 4.69) is 31.0 Å². The first-order chi connectivity index (χ1) is 14.5. The fourth-order valence-electron chi connectivity index (χ4n) is 3.42. The number of pyridine rings is 1. The van der Waals surface area contributed by atoms with Gasteiger partial charge in [0.05, 0.1) is 30.3 Å². The molecule has 4 rings (SSSR count). The Morgan fingerprint density at radius 3 is 2.60 bits per heavy atom. The molecule has 0 bridgehead atoms. The highest BCUT2D eigenvalue weighted by molar-refractivity contribution is 7.22. The van der Waals surface area contributed by atoms with E-state index in [4.69, 9.17) is 9.72 Å². The molecule has 2 aromatic carbocycles. The van der Waals surface area contributed by atoms with Crippen molar-refractivity contribution in [2.75, 3.05) is 12.0 Å². The first kappa shape index (κ1) is 20.0. The Hall–Kier alpha value is -3.25. The molecule has 0 fully saturated rings. The van der Waals surface area contributed by atoms with Crippen molar-refractivity contribution in [3.63, 3.8) is 0 Å². The van der Waals surface area contributed by atoms with Crippen LogP contribution in [0.4, 0.5) is 5.13 Å². The topological polar surface area (TPSA) is 55.3 Å². The molecule has 0 atom stereocenters. The van der Waals surface area contributed by atoms with E-state index < -0.39 is 0 Å². The minimum atomic E-state index is -0.00236. The van der Waals surface area contributed by atoms with Crippen LogP contribution in [0, 0.1) is 13.8 Å². The third kappa shape index (κ3) is 4.33. The molecule has 0 unspecified atom stereocenters. The summed E-state index contributed by atoms with van der Waals surface area (Å²) in [4.78, 5) is 24.1. The van der Waals surface area contributed by atoms with Gasteiger partial charge in [-0.3, -0.25) is 14.7 Å². The van der Waals surface area contributed by atoms with Gasteiger partial charge in [0.2, 0.25) is 5.91 Å². The molecule has 0 N–H and O–H groups in total. The molecule has 0 saturated carbocycles. The molecule has 5 nitrogen and oxygen atoms in total. The lowest BCUT2D eigenvalue weighted by atomic mass is 10.1. The molecule has 0 aliphatic rings. The van der Waals surface area contributed by atoms with Crippen molar-refractivity contribution in [2.24, 2.45) is 0 Å². The van der Waals surface area contributed by atoms with Gasteiger partial charge in [-0.2, -0.15) is 0 Å². The number of anilines is 1. The number of carbonyl (C=O) groups excluding carboxylic acids is 1. The van der Waals surface area contributed by atoms with Gasteiger partial charge in [0.15, 0.2) is 5.13 Å². The highest BCUT2D eigenvalue weighted by Gasteiger charge is 2.21. The molecule has 2 heterocycles. The van der Waals surface area contributed by atoms with Gasteiger partial charge in [0.25, 0.3) is 0 Å². The predicted molar refractivity (Wildman–Crippen MR) is 121 cm³/mol. The number of carbonyl (C=O) groups is 1. The number of hydrogen-bond donors (Lipinski definition) is 0. The van der Waals surface area contributed by atoms with Crippen LogP contribution in [0.2, 0.25) is 0 Å². The van der Waals surface area contributed by atoms with Crippen molar-refractivity contribution in [2.45, 2.75) is 26.8 Å². The maximum atomic E-state index is 13.3. The van der Waals surface area contributed by atoms with Crippen LogP contribution < -0.4 is 9.64 Å². The van der Waals surface area contributed by atoms with E-state index in [1.807, 2.05) is 36.4 Å². The Morgan fingerprint density at radius 1 is 1.10 bits per heavy atom. The molecule has 152 valence electrons. The maximum absolute atomic E-state index is 13.3. The first-order valence-corrected chi connectivity index (χ1v) is 10.5. The predicted octanol–water partition coefficient (Wildman–Crippen LogP) is 5.09. The van der Waals surface area contributed by atoms with E-state index in [-0.39, 0.29) is 12.3 Å². The molecule has 2 aromatic heterocycles. The number of thiazole rings is 1. The number of benzene rings is 2. The molecular weight excluding hydrogens is 394 g/mol. The summed E-state index contributed by atoms with van der Waals surface area (Å²) in [6.45, 7) is 4.57. The number of ether oxygens (including phenoxy) is 1. The van der Waals surface area contributed by atoms with Crippen LogP contribution >= 0.6 is 11.3 Å². The lowest BCUT2D eigenvalue weighted by Gasteiger charge is -2.20. The van der Waals surface area contributed by atoms with E-state index in [0.717, 1.165) is 32.7 Å². The highest BCUT2D eigenvalue weighted by atomic mass is 32.1. The molecule has 30 heavy (non-hydrogen) atoms. The molecule has 4 aromatic rings. The number of aryl methyl sites for hydroxylation is 2. The summed E-state index contributed by atoms with van der Waals surface area (Å²) in [6.07, 6.45) is 3.81. The van der Waals surface area contributed by atoms with Crippen LogP contribution in [-0.2, 0) is 17.8 Å².